The van der Waals surface area contributed by atoms with Crippen LogP contribution in [0.2, 0.25) is 0 Å². The van der Waals surface area contributed by atoms with Crippen molar-refractivity contribution in [1.29, 1.82) is 0 Å². The fourth-order valence-corrected chi connectivity index (χ4v) is 2.18. The molecular formula is C19H14F2N2O2. The number of nitrogens with one attached hydrogen (secondary N) is 1. The van der Waals surface area contributed by atoms with Crippen LogP contribution in [-0.2, 0) is 11.3 Å². The molecule has 1 heterocycles. The van der Waals surface area contributed by atoms with Crippen LogP contribution in [0.25, 0.3) is 17.4 Å². The lowest BCUT2D eigenvalue weighted by molar-refractivity contribution is -0.116. The Morgan fingerprint density at radius 1 is 1.12 bits per heavy atom. The number of rotatable bonds is 5. The molecule has 4 nitrogen and oxygen atoms in total. The minimum absolute atomic E-state index is 0.107. The second-order valence-electron chi connectivity index (χ2n) is 5.27. The Bertz CT molecular complexity index is 905. The Balaban J connectivity index is 1.60. The van der Waals surface area contributed by atoms with Crippen molar-refractivity contribution in [3.8, 4) is 11.3 Å². The van der Waals surface area contributed by atoms with E-state index in [-0.39, 0.29) is 23.8 Å². The van der Waals surface area contributed by atoms with E-state index in [1.54, 1.807) is 6.08 Å². The SMILES string of the molecule is O=C(/C=C\c1ccccc1)NCc1cc(-c2ccc(F)cc2F)on1. The van der Waals surface area contributed by atoms with Gasteiger partial charge in [-0.1, -0.05) is 35.5 Å². The minimum atomic E-state index is -0.738. The fourth-order valence-electron chi connectivity index (χ4n) is 2.18. The van der Waals surface area contributed by atoms with Gasteiger partial charge in [-0.15, -0.1) is 0 Å². The summed E-state index contributed by atoms with van der Waals surface area (Å²) in [5, 5.41) is 6.43. The van der Waals surface area contributed by atoms with Gasteiger partial charge >= 0.3 is 0 Å². The number of carbonyl (C=O) groups is 1. The molecule has 0 unspecified atom stereocenters. The molecule has 0 radical (unpaired) electrons. The van der Waals surface area contributed by atoms with Gasteiger partial charge in [-0.05, 0) is 23.8 Å². The second kappa shape index (κ2) is 7.53. The normalized spacial score (nSPS) is 11.0. The highest BCUT2D eigenvalue weighted by atomic mass is 19.1. The molecule has 0 saturated heterocycles. The van der Waals surface area contributed by atoms with Crippen LogP contribution in [0.4, 0.5) is 8.78 Å². The number of hydrogen-bond donors (Lipinski definition) is 1. The summed E-state index contributed by atoms with van der Waals surface area (Å²) in [6.45, 7) is 0.129. The summed E-state index contributed by atoms with van der Waals surface area (Å²) in [5.41, 5.74) is 1.45. The topological polar surface area (TPSA) is 55.1 Å². The van der Waals surface area contributed by atoms with Crippen molar-refractivity contribution in [1.82, 2.24) is 10.5 Å². The highest BCUT2D eigenvalue weighted by molar-refractivity contribution is 5.91. The highest BCUT2D eigenvalue weighted by Gasteiger charge is 2.12. The lowest BCUT2D eigenvalue weighted by atomic mass is 10.1. The predicted molar refractivity (Wildman–Crippen MR) is 89.2 cm³/mol. The number of halogens is 2. The molecule has 0 aliphatic rings. The zero-order valence-corrected chi connectivity index (χ0v) is 13.1. The van der Waals surface area contributed by atoms with Crippen LogP contribution < -0.4 is 5.32 Å². The number of nitrogens with zero attached hydrogens (tertiary/aromatic N) is 1. The van der Waals surface area contributed by atoms with Gasteiger partial charge in [0.1, 0.15) is 17.3 Å². The summed E-state index contributed by atoms with van der Waals surface area (Å²) in [5.74, 6) is -1.53. The molecule has 0 saturated carbocycles. The zero-order valence-electron chi connectivity index (χ0n) is 13.1. The number of aromatic nitrogens is 1. The smallest absolute Gasteiger partial charge is 0.244 e. The zero-order chi connectivity index (χ0) is 17.6. The third-order valence-corrected chi connectivity index (χ3v) is 3.43. The van der Waals surface area contributed by atoms with E-state index in [1.165, 1.54) is 18.2 Å². The average Bonchev–Trinajstić information content (AvgIpc) is 3.08. The molecule has 6 heteroatoms. The molecular weight excluding hydrogens is 326 g/mol. The van der Waals surface area contributed by atoms with Crippen LogP contribution in [-0.4, -0.2) is 11.1 Å². The molecule has 0 atom stereocenters. The quantitative estimate of drug-likeness (QED) is 0.716. The van der Waals surface area contributed by atoms with E-state index >= 15 is 0 Å². The average molecular weight is 340 g/mol. The minimum Gasteiger partial charge on any atom is -0.356 e. The first kappa shape index (κ1) is 16.6. The van der Waals surface area contributed by atoms with Gasteiger partial charge in [0.25, 0.3) is 0 Å². The maximum atomic E-state index is 13.7. The molecule has 3 aromatic rings. The van der Waals surface area contributed by atoms with Crippen molar-refractivity contribution < 1.29 is 18.1 Å². The third-order valence-electron chi connectivity index (χ3n) is 3.43. The van der Waals surface area contributed by atoms with E-state index in [2.05, 4.69) is 10.5 Å². The Labute approximate surface area is 142 Å². The van der Waals surface area contributed by atoms with Gasteiger partial charge in [-0.2, -0.15) is 0 Å². The summed E-state index contributed by atoms with van der Waals surface area (Å²) in [6, 6.07) is 14.1. The summed E-state index contributed by atoms with van der Waals surface area (Å²) in [7, 11) is 0. The van der Waals surface area contributed by atoms with Crippen LogP contribution in [0, 0.1) is 11.6 Å². The third kappa shape index (κ3) is 4.38. The highest BCUT2D eigenvalue weighted by Crippen LogP contribution is 2.24. The molecule has 0 spiro atoms. The van der Waals surface area contributed by atoms with E-state index in [0.717, 1.165) is 17.7 Å². The predicted octanol–water partition coefficient (Wildman–Crippen LogP) is 3.95. The van der Waals surface area contributed by atoms with Gasteiger partial charge in [0.05, 0.1) is 12.1 Å². The Kier molecular flexibility index (Phi) is 4.99. The van der Waals surface area contributed by atoms with Crippen molar-refractivity contribution in [3.63, 3.8) is 0 Å². The maximum Gasteiger partial charge on any atom is 0.244 e. The first-order chi connectivity index (χ1) is 12.1. The summed E-state index contributed by atoms with van der Waals surface area (Å²) < 4.78 is 31.7. The Hall–Kier alpha value is -3.28. The molecule has 0 aliphatic carbocycles. The van der Waals surface area contributed by atoms with E-state index in [0.29, 0.717) is 5.69 Å². The second-order valence-corrected chi connectivity index (χ2v) is 5.27. The molecule has 1 aromatic heterocycles. The molecule has 126 valence electrons. The van der Waals surface area contributed by atoms with E-state index in [9.17, 15) is 13.6 Å². The van der Waals surface area contributed by atoms with E-state index < -0.39 is 11.6 Å². The molecule has 1 amide bonds. The van der Waals surface area contributed by atoms with Crippen molar-refractivity contribution in [3.05, 3.63) is 83.6 Å². The molecule has 0 aliphatic heterocycles. The first-order valence-electron chi connectivity index (χ1n) is 7.54. The molecule has 25 heavy (non-hydrogen) atoms. The number of hydrogen-bond acceptors (Lipinski definition) is 3. The largest absolute Gasteiger partial charge is 0.356 e. The summed E-state index contributed by atoms with van der Waals surface area (Å²) >= 11 is 0. The number of carbonyl (C=O) groups excluding carboxylic acids is 1. The summed E-state index contributed by atoms with van der Waals surface area (Å²) in [4.78, 5) is 11.8. The fraction of sp³-hybridized carbons (Fsp3) is 0.0526. The molecule has 3 rings (SSSR count). The molecule has 0 bridgehead atoms. The Morgan fingerprint density at radius 3 is 2.68 bits per heavy atom. The van der Waals surface area contributed by atoms with Crippen molar-refractivity contribution >= 4 is 12.0 Å². The van der Waals surface area contributed by atoms with Gasteiger partial charge < -0.3 is 9.84 Å². The van der Waals surface area contributed by atoms with Crippen molar-refractivity contribution in [2.45, 2.75) is 6.54 Å². The van der Waals surface area contributed by atoms with Gasteiger partial charge in [0.2, 0.25) is 5.91 Å². The van der Waals surface area contributed by atoms with Crippen molar-refractivity contribution in [2.75, 3.05) is 0 Å². The van der Waals surface area contributed by atoms with Crippen LogP contribution >= 0.6 is 0 Å². The van der Waals surface area contributed by atoms with E-state index in [4.69, 9.17) is 4.52 Å². The number of benzene rings is 2. The maximum absolute atomic E-state index is 13.7. The van der Waals surface area contributed by atoms with E-state index in [1.807, 2.05) is 30.3 Å². The van der Waals surface area contributed by atoms with Crippen LogP contribution in [0.15, 0.2) is 65.2 Å². The number of amides is 1. The van der Waals surface area contributed by atoms with Crippen LogP contribution in [0.5, 0.6) is 0 Å². The van der Waals surface area contributed by atoms with Gasteiger partial charge in [0, 0.05) is 18.2 Å². The molecule has 1 N–H and O–H groups in total. The van der Waals surface area contributed by atoms with Crippen LogP contribution in [0.1, 0.15) is 11.3 Å². The van der Waals surface area contributed by atoms with Gasteiger partial charge in [-0.3, -0.25) is 4.79 Å². The first-order valence-corrected chi connectivity index (χ1v) is 7.54. The van der Waals surface area contributed by atoms with Gasteiger partial charge in [-0.25, -0.2) is 8.78 Å². The molecule has 2 aromatic carbocycles. The molecule has 0 fully saturated rings. The Morgan fingerprint density at radius 2 is 1.92 bits per heavy atom. The van der Waals surface area contributed by atoms with Crippen LogP contribution in [0.3, 0.4) is 0 Å². The monoisotopic (exact) mass is 340 g/mol. The van der Waals surface area contributed by atoms with Gasteiger partial charge in [0.15, 0.2) is 5.76 Å². The van der Waals surface area contributed by atoms with Crippen molar-refractivity contribution in [2.24, 2.45) is 0 Å². The standard InChI is InChI=1S/C19H14F2N2O2/c20-14-7-8-16(17(21)10-14)18-11-15(23-25-18)12-22-19(24)9-6-13-4-2-1-3-5-13/h1-11H,12H2,(H,22,24)/b9-6-. The lowest BCUT2D eigenvalue weighted by Gasteiger charge is -1.98. The lowest BCUT2D eigenvalue weighted by Crippen LogP contribution is -2.20. The summed E-state index contributed by atoms with van der Waals surface area (Å²) in [6.07, 6.45) is 3.10.